The van der Waals surface area contributed by atoms with Gasteiger partial charge in [0.05, 0.1) is 14.2 Å². The van der Waals surface area contributed by atoms with E-state index in [1.165, 1.54) is 7.11 Å². The Labute approximate surface area is 90.8 Å². The topological polar surface area (TPSA) is 76.0 Å². The van der Waals surface area contributed by atoms with E-state index >= 15 is 0 Å². The van der Waals surface area contributed by atoms with Crippen LogP contribution in [0.1, 0.15) is 10.4 Å². The Kier molecular flexibility index (Phi) is 3.26. The van der Waals surface area contributed by atoms with E-state index in [0.29, 0.717) is 0 Å². The summed E-state index contributed by atoms with van der Waals surface area (Å²) in [6.45, 7) is 0. The molecule has 0 saturated carbocycles. The molecule has 1 aromatic rings. The molecule has 0 atom stereocenters. The number of esters is 1. The maximum Gasteiger partial charge on any atom is 0.343 e. The molecule has 0 unspecified atom stereocenters. The molecule has 0 spiro atoms. The summed E-state index contributed by atoms with van der Waals surface area (Å²) in [6.07, 6.45) is 0. The van der Waals surface area contributed by atoms with Gasteiger partial charge < -0.3 is 19.7 Å². The number of phenols is 2. The Morgan fingerprint density at radius 3 is 2.47 bits per heavy atom. The Bertz CT molecular complexity index is 402. The van der Waals surface area contributed by atoms with Crippen LogP contribution in [0, 0.1) is 0 Å². The van der Waals surface area contributed by atoms with Crippen LogP contribution in [0.5, 0.6) is 17.2 Å². The lowest BCUT2D eigenvalue weighted by atomic mass is 10.1. The van der Waals surface area contributed by atoms with Gasteiger partial charge in [0.2, 0.25) is 0 Å². The summed E-state index contributed by atoms with van der Waals surface area (Å²) < 4.78 is 9.14. The van der Waals surface area contributed by atoms with Crippen LogP contribution in [0.4, 0.5) is 0 Å². The molecule has 82 valence electrons. The van der Waals surface area contributed by atoms with Crippen molar-refractivity contribution >= 4 is 17.6 Å². The molecule has 0 fully saturated rings. The standard InChI is InChI=1S/C9H9ClO5/c1-14-5-3-4(11)7(10)6(8(5)12)9(13)15-2/h3,11-12H,1-2H3. The molecule has 0 amide bonds. The molecule has 0 aliphatic rings. The first kappa shape index (κ1) is 11.5. The second-order valence-electron chi connectivity index (χ2n) is 2.63. The molecule has 0 bridgehead atoms. The number of phenolic OH excluding ortho intramolecular Hbond substituents is 2. The summed E-state index contributed by atoms with van der Waals surface area (Å²) in [5.41, 5.74) is -0.323. The first-order chi connectivity index (χ1) is 7.02. The Balaban J connectivity index is 3.47. The molecule has 0 aliphatic carbocycles. The predicted molar refractivity (Wildman–Crippen MR) is 52.7 cm³/mol. The first-order valence-electron chi connectivity index (χ1n) is 3.89. The summed E-state index contributed by atoms with van der Waals surface area (Å²) in [5.74, 6) is -1.75. The van der Waals surface area contributed by atoms with Gasteiger partial charge in [0.15, 0.2) is 11.5 Å². The van der Waals surface area contributed by atoms with Gasteiger partial charge in [0.1, 0.15) is 16.3 Å². The smallest absolute Gasteiger partial charge is 0.343 e. The van der Waals surface area contributed by atoms with Crippen molar-refractivity contribution in [2.75, 3.05) is 14.2 Å². The maximum atomic E-state index is 11.2. The molecule has 1 rings (SSSR count). The van der Waals surface area contributed by atoms with Gasteiger partial charge in [-0.1, -0.05) is 11.6 Å². The normalized spacial score (nSPS) is 9.80. The van der Waals surface area contributed by atoms with Gasteiger partial charge in [-0.05, 0) is 0 Å². The second kappa shape index (κ2) is 4.27. The zero-order valence-electron chi connectivity index (χ0n) is 8.07. The Hall–Kier alpha value is -1.62. The lowest BCUT2D eigenvalue weighted by molar-refractivity contribution is 0.0596. The highest BCUT2D eigenvalue weighted by Gasteiger charge is 2.23. The van der Waals surface area contributed by atoms with Crippen molar-refractivity contribution in [3.8, 4) is 17.2 Å². The van der Waals surface area contributed by atoms with Gasteiger partial charge in [-0.2, -0.15) is 0 Å². The lowest BCUT2D eigenvalue weighted by Crippen LogP contribution is -2.03. The van der Waals surface area contributed by atoms with E-state index in [2.05, 4.69) is 4.74 Å². The number of benzene rings is 1. The van der Waals surface area contributed by atoms with Gasteiger partial charge in [0, 0.05) is 6.07 Å². The molecular weight excluding hydrogens is 224 g/mol. The number of hydrogen-bond donors (Lipinski definition) is 2. The number of carbonyl (C=O) groups excluding carboxylic acids is 1. The molecule has 2 N–H and O–H groups in total. The quantitative estimate of drug-likeness (QED) is 0.598. The first-order valence-corrected chi connectivity index (χ1v) is 4.27. The fourth-order valence-corrected chi connectivity index (χ4v) is 1.28. The lowest BCUT2D eigenvalue weighted by Gasteiger charge is -2.10. The van der Waals surface area contributed by atoms with E-state index in [9.17, 15) is 15.0 Å². The van der Waals surface area contributed by atoms with Gasteiger partial charge in [-0.3, -0.25) is 0 Å². The second-order valence-corrected chi connectivity index (χ2v) is 3.01. The minimum Gasteiger partial charge on any atom is -0.506 e. The summed E-state index contributed by atoms with van der Waals surface area (Å²) in [5, 5.41) is 18.6. The van der Waals surface area contributed by atoms with Crippen LogP contribution in [0.25, 0.3) is 0 Å². The van der Waals surface area contributed by atoms with Crippen molar-refractivity contribution in [1.82, 2.24) is 0 Å². The molecule has 6 heteroatoms. The van der Waals surface area contributed by atoms with E-state index in [0.717, 1.165) is 13.2 Å². The van der Waals surface area contributed by atoms with E-state index in [-0.39, 0.29) is 22.1 Å². The minimum atomic E-state index is -0.855. The highest BCUT2D eigenvalue weighted by Crippen LogP contribution is 2.41. The highest BCUT2D eigenvalue weighted by molar-refractivity contribution is 6.35. The van der Waals surface area contributed by atoms with Gasteiger partial charge >= 0.3 is 5.97 Å². The average Bonchev–Trinajstić information content (AvgIpc) is 2.23. The van der Waals surface area contributed by atoms with Crippen LogP contribution < -0.4 is 4.74 Å². The van der Waals surface area contributed by atoms with Crippen LogP contribution >= 0.6 is 11.6 Å². The molecule has 0 radical (unpaired) electrons. The molecule has 1 aromatic carbocycles. The maximum absolute atomic E-state index is 11.2. The van der Waals surface area contributed by atoms with Crippen molar-refractivity contribution in [3.05, 3.63) is 16.7 Å². The molecule has 15 heavy (non-hydrogen) atoms. The van der Waals surface area contributed by atoms with Gasteiger partial charge in [-0.15, -0.1) is 0 Å². The van der Waals surface area contributed by atoms with Crippen molar-refractivity contribution in [1.29, 1.82) is 0 Å². The molecule has 0 aliphatic heterocycles. The summed E-state index contributed by atoms with van der Waals surface area (Å²) in [6, 6.07) is 1.10. The Morgan fingerprint density at radius 2 is 2.00 bits per heavy atom. The molecule has 0 heterocycles. The third-order valence-corrected chi connectivity index (χ3v) is 2.17. The SMILES string of the molecule is COC(=O)c1c(O)c(OC)cc(O)c1Cl. The number of methoxy groups -OCH3 is 2. The number of halogens is 1. The van der Waals surface area contributed by atoms with Crippen molar-refractivity contribution in [3.63, 3.8) is 0 Å². The van der Waals surface area contributed by atoms with Crippen LogP contribution in [-0.2, 0) is 4.74 Å². The van der Waals surface area contributed by atoms with Crippen LogP contribution in [0.15, 0.2) is 6.07 Å². The van der Waals surface area contributed by atoms with E-state index in [1.54, 1.807) is 0 Å². The number of aromatic hydroxyl groups is 2. The average molecular weight is 233 g/mol. The summed E-state index contributed by atoms with van der Waals surface area (Å²) in [4.78, 5) is 11.2. The highest BCUT2D eigenvalue weighted by atomic mass is 35.5. The van der Waals surface area contributed by atoms with E-state index in [4.69, 9.17) is 16.3 Å². The number of hydrogen-bond acceptors (Lipinski definition) is 5. The predicted octanol–water partition coefficient (Wildman–Crippen LogP) is 1.55. The summed E-state index contributed by atoms with van der Waals surface area (Å²) >= 11 is 5.63. The third-order valence-electron chi connectivity index (χ3n) is 1.79. The number of carbonyl (C=O) groups is 1. The third kappa shape index (κ3) is 1.92. The van der Waals surface area contributed by atoms with E-state index in [1.807, 2.05) is 0 Å². The van der Waals surface area contributed by atoms with Crippen LogP contribution in [-0.4, -0.2) is 30.4 Å². The fourth-order valence-electron chi connectivity index (χ4n) is 1.06. The van der Waals surface area contributed by atoms with Gasteiger partial charge in [-0.25, -0.2) is 4.79 Å². The monoisotopic (exact) mass is 232 g/mol. The van der Waals surface area contributed by atoms with Crippen molar-refractivity contribution in [2.24, 2.45) is 0 Å². The minimum absolute atomic E-state index is 0.0581. The molecular formula is C9H9ClO5. The van der Waals surface area contributed by atoms with Crippen molar-refractivity contribution in [2.45, 2.75) is 0 Å². The van der Waals surface area contributed by atoms with Crippen molar-refractivity contribution < 1.29 is 24.5 Å². The van der Waals surface area contributed by atoms with Gasteiger partial charge in [0.25, 0.3) is 0 Å². The zero-order valence-corrected chi connectivity index (χ0v) is 8.83. The number of rotatable bonds is 2. The molecule has 0 aromatic heterocycles. The summed E-state index contributed by atoms with van der Waals surface area (Å²) in [7, 11) is 2.41. The van der Waals surface area contributed by atoms with Crippen LogP contribution in [0.3, 0.4) is 0 Å². The van der Waals surface area contributed by atoms with E-state index < -0.39 is 11.7 Å². The Morgan fingerprint density at radius 1 is 1.40 bits per heavy atom. The fraction of sp³-hybridized carbons (Fsp3) is 0.222. The molecule has 0 saturated heterocycles. The largest absolute Gasteiger partial charge is 0.506 e. The molecule has 5 nitrogen and oxygen atoms in total. The van der Waals surface area contributed by atoms with Crippen LogP contribution in [0.2, 0.25) is 5.02 Å². The number of ether oxygens (including phenoxy) is 2. The zero-order chi connectivity index (χ0) is 11.6.